The average molecular weight is 298 g/mol. The number of aromatic nitrogens is 1. The number of nitrogens with zero attached hydrogens (tertiary/aromatic N) is 1. The Morgan fingerprint density at radius 3 is 2.37 bits per heavy atom. The van der Waals surface area contributed by atoms with Gasteiger partial charge in [-0.3, -0.25) is 4.79 Å². The lowest BCUT2D eigenvalue weighted by atomic mass is 10.2. The highest BCUT2D eigenvalue weighted by Gasteiger charge is 2.12. The van der Waals surface area contributed by atoms with Crippen molar-refractivity contribution in [2.24, 2.45) is 5.73 Å². The molecule has 0 aliphatic carbocycles. The molecule has 19 heavy (non-hydrogen) atoms. The fourth-order valence-corrected chi connectivity index (χ4v) is 1.95. The number of nitrogen functional groups attached to an aromatic ring is 1. The van der Waals surface area contributed by atoms with Gasteiger partial charge in [0.2, 0.25) is 0 Å². The molecule has 0 unspecified atom stereocenters. The average Bonchev–Trinajstić information content (AvgIpc) is 2.30. The normalized spacial score (nSPS) is 10.2. The van der Waals surface area contributed by atoms with Gasteiger partial charge in [0.1, 0.15) is 11.6 Å². The summed E-state index contributed by atoms with van der Waals surface area (Å²) in [7, 11) is 0. The van der Waals surface area contributed by atoms with E-state index in [9.17, 15) is 4.79 Å². The molecule has 4 N–H and O–H groups in total. The summed E-state index contributed by atoms with van der Waals surface area (Å²) in [6.07, 6.45) is 1.31. The first-order valence-corrected chi connectivity index (χ1v) is 5.90. The number of benzene rings is 1. The maximum atomic E-state index is 11.3. The number of ether oxygens (including phenoxy) is 1. The topological polar surface area (TPSA) is 91.2 Å². The molecule has 1 aromatic heterocycles. The number of carbonyl (C=O) groups excluding carboxylic acids is 1. The molecule has 0 saturated heterocycles. The Labute approximate surface area is 119 Å². The Balaban J connectivity index is 2.40. The molecule has 1 heterocycles. The molecule has 7 heteroatoms. The summed E-state index contributed by atoms with van der Waals surface area (Å²) in [4.78, 5) is 15.1. The van der Waals surface area contributed by atoms with Crippen molar-refractivity contribution in [2.75, 3.05) is 5.73 Å². The summed E-state index contributed by atoms with van der Waals surface area (Å²) in [5.74, 6) is 0.0501. The molecule has 0 saturated carbocycles. The first-order valence-electron chi connectivity index (χ1n) is 5.15. The van der Waals surface area contributed by atoms with Crippen LogP contribution in [0.5, 0.6) is 11.5 Å². The van der Waals surface area contributed by atoms with Crippen molar-refractivity contribution >= 4 is 34.9 Å². The van der Waals surface area contributed by atoms with Crippen LogP contribution < -0.4 is 16.2 Å². The zero-order valence-electron chi connectivity index (χ0n) is 9.56. The van der Waals surface area contributed by atoms with E-state index >= 15 is 0 Å². The van der Waals surface area contributed by atoms with E-state index in [1.807, 2.05) is 0 Å². The van der Waals surface area contributed by atoms with E-state index in [0.29, 0.717) is 15.8 Å². The van der Waals surface area contributed by atoms with Gasteiger partial charge >= 0.3 is 0 Å². The van der Waals surface area contributed by atoms with Gasteiger partial charge in [-0.15, -0.1) is 0 Å². The van der Waals surface area contributed by atoms with Crippen LogP contribution in [0.4, 0.5) is 5.82 Å². The van der Waals surface area contributed by atoms with Crippen molar-refractivity contribution in [3.63, 3.8) is 0 Å². The van der Waals surface area contributed by atoms with Crippen LogP contribution in [0.3, 0.4) is 0 Å². The molecular weight excluding hydrogens is 289 g/mol. The van der Waals surface area contributed by atoms with E-state index in [1.165, 1.54) is 12.3 Å². The molecule has 0 bridgehead atoms. The monoisotopic (exact) mass is 297 g/mol. The van der Waals surface area contributed by atoms with Crippen LogP contribution >= 0.6 is 23.2 Å². The smallest absolute Gasteiger partial charge is 0.252 e. The van der Waals surface area contributed by atoms with Gasteiger partial charge in [-0.1, -0.05) is 23.2 Å². The highest BCUT2D eigenvalue weighted by Crippen LogP contribution is 2.30. The summed E-state index contributed by atoms with van der Waals surface area (Å²) < 4.78 is 5.50. The van der Waals surface area contributed by atoms with Crippen molar-refractivity contribution in [1.82, 2.24) is 4.98 Å². The Kier molecular flexibility index (Phi) is 3.78. The van der Waals surface area contributed by atoms with E-state index in [2.05, 4.69) is 4.98 Å². The van der Waals surface area contributed by atoms with Gasteiger partial charge in [-0.05, 0) is 24.3 Å². The number of pyridine rings is 1. The summed E-state index contributed by atoms with van der Waals surface area (Å²) >= 11 is 11.7. The number of carbonyl (C=O) groups is 1. The number of rotatable bonds is 3. The van der Waals surface area contributed by atoms with Crippen LogP contribution in [0.25, 0.3) is 0 Å². The quantitative estimate of drug-likeness (QED) is 0.911. The van der Waals surface area contributed by atoms with Gasteiger partial charge < -0.3 is 16.2 Å². The Morgan fingerprint density at radius 2 is 1.79 bits per heavy atom. The molecule has 0 aliphatic rings. The molecule has 1 aromatic carbocycles. The number of primary amides is 1. The molecule has 0 radical (unpaired) electrons. The molecule has 0 atom stereocenters. The van der Waals surface area contributed by atoms with Crippen molar-refractivity contribution in [1.29, 1.82) is 0 Å². The molecule has 0 aliphatic heterocycles. The first kappa shape index (κ1) is 13.5. The van der Waals surface area contributed by atoms with Crippen molar-refractivity contribution in [2.45, 2.75) is 0 Å². The van der Waals surface area contributed by atoms with E-state index in [0.717, 1.165) is 0 Å². The number of anilines is 1. The lowest BCUT2D eigenvalue weighted by Gasteiger charge is -2.09. The van der Waals surface area contributed by atoms with Crippen LogP contribution in [0.15, 0.2) is 30.5 Å². The van der Waals surface area contributed by atoms with E-state index < -0.39 is 5.91 Å². The predicted octanol–water partition coefficient (Wildman–Crippen LogP) is 2.86. The molecule has 5 nitrogen and oxygen atoms in total. The molecule has 2 aromatic rings. The maximum absolute atomic E-state index is 11.3. The van der Waals surface area contributed by atoms with Crippen LogP contribution in [0, 0.1) is 0 Å². The third kappa shape index (κ3) is 3.27. The largest absolute Gasteiger partial charge is 0.455 e. The second-order valence-electron chi connectivity index (χ2n) is 3.68. The molecule has 0 fully saturated rings. The van der Waals surface area contributed by atoms with E-state index in [4.69, 9.17) is 39.4 Å². The fraction of sp³-hybridized carbons (Fsp3) is 0. The van der Waals surface area contributed by atoms with E-state index in [1.54, 1.807) is 18.2 Å². The third-order valence-corrected chi connectivity index (χ3v) is 2.65. The number of nitrogens with two attached hydrogens (primary N) is 2. The molecule has 1 amide bonds. The van der Waals surface area contributed by atoms with Gasteiger partial charge in [0.25, 0.3) is 5.91 Å². The summed E-state index contributed by atoms with van der Waals surface area (Å²) in [6, 6.07) is 6.00. The summed E-state index contributed by atoms with van der Waals surface area (Å²) in [5.41, 5.74) is 10.9. The lowest BCUT2D eigenvalue weighted by molar-refractivity contribution is 0.0998. The zero-order valence-corrected chi connectivity index (χ0v) is 11.1. The number of halogens is 2. The highest BCUT2D eigenvalue weighted by molar-refractivity contribution is 6.34. The van der Waals surface area contributed by atoms with Gasteiger partial charge in [-0.2, -0.15) is 0 Å². The maximum Gasteiger partial charge on any atom is 0.252 e. The first-order chi connectivity index (χ1) is 8.95. The minimum atomic E-state index is -0.669. The van der Waals surface area contributed by atoms with Gasteiger partial charge in [0.15, 0.2) is 5.75 Å². The Bertz CT molecular complexity index is 627. The van der Waals surface area contributed by atoms with Gasteiger partial charge in [-0.25, -0.2) is 4.98 Å². The Morgan fingerprint density at radius 1 is 1.16 bits per heavy atom. The SMILES string of the molecule is NC(=O)c1cc(N)ncc1Oc1cc(Cl)cc(Cl)c1. The Hall–Kier alpha value is -1.98. The molecule has 0 spiro atoms. The van der Waals surface area contributed by atoms with Crippen LogP contribution in [-0.2, 0) is 0 Å². The highest BCUT2D eigenvalue weighted by atomic mass is 35.5. The third-order valence-electron chi connectivity index (χ3n) is 2.22. The van der Waals surface area contributed by atoms with Crippen molar-refractivity contribution < 1.29 is 9.53 Å². The van der Waals surface area contributed by atoms with Gasteiger partial charge in [0.05, 0.1) is 11.8 Å². The molecule has 98 valence electrons. The van der Waals surface area contributed by atoms with Crippen molar-refractivity contribution in [3.05, 3.63) is 46.1 Å². The van der Waals surface area contributed by atoms with Crippen LogP contribution in [-0.4, -0.2) is 10.9 Å². The van der Waals surface area contributed by atoms with Crippen LogP contribution in [0.1, 0.15) is 10.4 Å². The van der Waals surface area contributed by atoms with Crippen LogP contribution in [0.2, 0.25) is 10.0 Å². The predicted molar refractivity (Wildman–Crippen MR) is 73.7 cm³/mol. The van der Waals surface area contributed by atoms with E-state index in [-0.39, 0.29) is 17.1 Å². The molecule has 2 rings (SSSR count). The lowest BCUT2D eigenvalue weighted by Crippen LogP contribution is -2.13. The minimum absolute atomic E-state index is 0.128. The zero-order chi connectivity index (χ0) is 14.0. The second-order valence-corrected chi connectivity index (χ2v) is 4.55. The van der Waals surface area contributed by atoms with Crippen molar-refractivity contribution in [3.8, 4) is 11.5 Å². The number of hydrogen-bond acceptors (Lipinski definition) is 4. The second kappa shape index (κ2) is 5.34. The number of amides is 1. The number of hydrogen-bond donors (Lipinski definition) is 2. The minimum Gasteiger partial charge on any atom is -0.455 e. The summed E-state index contributed by atoms with van der Waals surface area (Å²) in [6.45, 7) is 0. The fourth-order valence-electron chi connectivity index (χ4n) is 1.45. The standard InChI is InChI=1S/C12H9Cl2N3O2/c13-6-1-7(14)3-8(2-6)19-10-5-17-11(15)4-9(10)12(16)18/h1-5H,(H2,15,17)(H2,16,18). The summed E-state index contributed by atoms with van der Waals surface area (Å²) in [5, 5.41) is 0.818. The van der Waals surface area contributed by atoms with Gasteiger partial charge in [0, 0.05) is 10.0 Å². The molecular formula is C12H9Cl2N3O2.